The number of alkyl halides is 26. The van der Waals surface area contributed by atoms with Crippen LogP contribution in [0.25, 0.3) is 0 Å². The Morgan fingerprint density at radius 1 is 0.281 bits per heavy atom. The van der Waals surface area contributed by atoms with Crippen LogP contribution in [-0.4, -0.2) is 93.7 Å². The average molecular weight is 1010 g/mol. The molecule has 64 heavy (non-hydrogen) atoms. The summed E-state index contributed by atoms with van der Waals surface area (Å²) in [6.07, 6.45) is -23.2. The molecule has 0 rings (SSSR count). The van der Waals surface area contributed by atoms with E-state index in [4.69, 9.17) is 0 Å². The molecule has 0 fully saturated rings. The molecule has 2 unspecified atom stereocenters. The van der Waals surface area contributed by atoms with E-state index < -0.39 is 134 Å². The molecule has 0 saturated carbocycles. The first-order valence-electron chi connectivity index (χ1n) is 18.7. The molecule has 4 nitrogen and oxygen atoms in total. The van der Waals surface area contributed by atoms with Gasteiger partial charge >= 0.3 is 83.5 Å². The predicted octanol–water partition coefficient (Wildman–Crippen LogP) is 14.9. The Hall–Kier alpha value is -2.88. The third-order valence-electron chi connectivity index (χ3n) is 10.1. The van der Waals surface area contributed by atoms with Crippen molar-refractivity contribution in [1.82, 2.24) is 0 Å². The fourth-order valence-corrected chi connectivity index (χ4v) is 6.10. The van der Waals surface area contributed by atoms with Crippen LogP contribution >= 0.6 is 0 Å². The van der Waals surface area contributed by atoms with Crippen molar-refractivity contribution in [1.29, 1.82) is 0 Å². The number of aliphatic carboxylic acids is 2. The van der Waals surface area contributed by atoms with Crippen molar-refractivity contribution in [2.75, 3.05) is 0 Å². The number of rotatable bonds is 31. The largest absolute Gasteiger partial charge is 0.481 e. The molecule has 2 atom stereocenters. The van der Waals surface area contributed by atoms with E-state index in [0.717, 1.165) is 0 Å². The van der Waals surface area contributed by atoms with Crippen molar-refractivity contribution in [3.8, 4) is 0 Å². The molecular weight excluding hydrogens is 966 g/mol. The van der Waals surface area contributed by atoms with Crippen molar-refractivity contribution in [3.05, 3.63) is 0 Å². The highest BCUT2D eigenvalue weighted by Crippen LogP contribution is 2.62. The van der Waals surface area contributed by atoms with E-state index in [1.165, 1.54) is 0 Å². The normalized spacial score (nSPS) is 16.0. The Kier molecular flexibility index (Phi) is 20.4. The molecule has 0 spiro atoms. The van der Waals surface area contributed by atoms with Crippen LogP contribution in [0.4, 0.5) is 114 Å². The Morgan fingerprint density at radius 2 is 0.469 bits per heavy atom. The third kappa shape index (κ3) is 12.8. The molecule has 0 heterocycles. The standard InChI is InChI=1S/C34H40F26O4/c35-23(36,25(39,40)27(43,44)29(47,48)31(51,52)33(55,56)57)17-13-9-5-1-3-7-11-15-19(21(61)62)20(22(63)64)16-12-8-4-2-6-10-14-18-24(37,38)26(41,42)28(45,46)30(49,50)32(53,54)34(58,59)60/h19-20H,1-18H2,(H,61,62)(H,63,64). The molecule has 0 aromatic heterocycles. The lowest BCUT2D eigenvalue weighted by Crippen LogP contribution is -2.70. The summed E-state index contributed by atoms with van der Waals surface area (Å²) in [6.45, 7) is 0. The lowest BCUT2D eigenvalue weighted by molar-refractivity contribution is -0.440. The van der Waals surface area contributed by atoms with Gasteiger partial charge in [0.15, 0.2) is 0 Å². The minimum atomic E-state index is -8.01. The van der Waals surface area contributed by atoms with Gasteiger partial charge in [0.2, 0.25) is 0 Å². The van der Waals surface area contributed by atoms with Crippen molar-refractivity contribution < 1.29 is 134 Å². The maximum absolute atomic E-state index is 13.9. The van der Waals surface area contributed by atoms with Crippen molar-refractivity contribution in [2.45, 2.75) is 187 Å². The van der Waals surface area contributed by atoms with E-state index in [2.05, 4.69) is 0 Å². The summed E-state index contributed by atoms with van der Waals surface area (Å²) in [7, 11) is 0. The van der Waals surface area contributed by atoms with Crippen LogP contribution in [0.15, 0.2) is 0 Å². The molecular formula is C34H40F26O4. The van der Waals surface area contributed by atoms with Gasteiger partial charge in [0.1, 0.15) is 0 Å². The van der Waals surface area contributed by atoms with Gasteiger partial charge in [-0.3, -0.25) is 9.59 Å². The third-order valence-corrected chi connectivity index (χ3v) is 10.1. The van der Waals surface area contributed by atoms with E-state index in [9.17, 15) is 134 Å². The van der Waals surface area contributed by atoms with Gasteiger partial charge in [-0.15, -0.1) is 0 Å². The quantitative estimate of drug-likeness (QED) is 0.0536. The zero-order chi connectivity index (χ0) is 51.0. The number of hydrogen-bond donors (Lipinski definition) is 2. The summed E-state index contributed by atoms with van der Waals surface area (Å²) in [6, 6.07) is 0. The van der Waals surface area contributed by atoms with Crippen molar-refractivity contribution in [2.24, 2.45) is 11.8 Å². The molecule has 0 aliphatic carbocycles. The lowest BCUT2D eigenvalue weighted by Gasteiger charge is -2.39. The molecule has 0 aliphatic rings. The van der Waals surface area contributed by atoms with Crippen LogP contribution in [0.3, 0.4) is 0 Å². The second-order valence-electron chi connectivity index (χ2n) is 14.9. The lowest BCUT2D eigenvalue weighted by atomic mass is 9.84. The summed E-state index contributed by atoms with van der Waals surface area (Å²) in [5.74, 6) is -80.8. The summed E-state index contributed by atoms with van der Waals surface area (Å²) in [4.78, 5) is 23.6. The van der Waals surface area contributed by atoms with E-state index >= 15 is 0 Å². The highest BCUT2D eigenvalue weighted by Gasteiger charge is 2.92. The van der Waals surface area contributed by atoms with Crippen LogP contribution in [0.5, 0.6) is 0 Å². The van der Waals surface area contributed by atoms with Gasteiger partial charge in [-0.2, -0.15) is 114 Å². The molecule has 0 aromatic rings. The molecule has 0 aromatic carbocycles. The van der Waals surface area contributed by atoms with E-state index in [1.807, 2.05) is 0 Å². The smallest absolute Gasteiger partial charge is 0.460 e. The molecule has 2 N–H and O–H groups in total. The number of hydrogen-bond acceptors (Lipinski definition) is 2. The van der Waals surface area contributed by atoms with Crippen molar-refractivity contribution in [3.63, 3.8) is 0 Å². The van der Waals surface area contributed by atoms with Gasteiger partial charge in [0.05, 0.1) is 11.8 Å². The van der Waals surface area contributed by atoms with Crippen LogP contribution in [0.1, 0.15) is 116 Å². The first-order valence-corrected chi connectivity index (χ1v) is 18.7. The minimum absolute atomic E-state index is 0.0159. The van der Waals surface area contributed by atoms with Gasteiger partial charge in [-0.05, 0) is 25.7 Å². The fourth-order valence-electron chi connectivity index (χ4n) is 6.10. The number of unbranched alkanes of at least 4 members (excludes halogenated alkanes) is 12. The maximum Gasteiger partial charge on any atom is 0.460 e. The zero-order valence-electron chi connectivity index (χ0n) is 32.4. The summed E-state index contributed by atoms with van der Waals surface area (Å²) < 4.78 is 343. The molecule has 0 amide bonds. The average Bonchev–Trinajstić information content (AvgIpc) is 3.11. The van der Waals surface area contributed by atoms with Gasteiger partial charge in [-0.1, -0.05) is 77.0 Å². The Labute approximate surface area is 345 Å². The van der Waals surface area contributed by atoms with E-state index in [-0.39, 0.29) is 77.0 Å². The van der Waals surface area contributed by atoms with Crippen LogP contribution < -0.4 is 0 Å². The first-order chi connectivity index (χ1) is 28.3. The number of carbonyl (C=O) groups is 2. The van der Waals surface area contributed by atoms with Gasteiger partial charge in [0.25, 0.3) is 0 Å². The SMILES string of the molecule is O=C(O)C(CCCCCCCCCC(F)(F)C(F)(F)C(F)(F)C(F)(F)C(F)(F)C(F)(F)F)C(CCCCCCCCCC(F)(F)C(F)(F)C(F)(F)C(F)(F)C(F)(F)C(F)(F)F)C(=O)O. The summed E-state index contributed by atoms with van der Waals surface area (Å²) in [5.41, 5.74) is 0. The Bertz CT molecular complexity index is 1360. The van der Waals surface area contributed by atoms with Crippen molar-refractivity contribution >= 4 is 11.9 Å². The summed E-state index contributed by atoms with van der Waals surface area (Å²) in [5, 5.41) is 19.1. The number of halogens is 26. The highest BCUT2D eigenvalue weighted by atomic mass is 19.4. The van der Waals surface area contributed by atoms with Crippen LogP contribution in [-0.2, 0) is 9.59 Å². The monoisotopic (exact) mass is 1010 g/mol. The second-order valence-corrected chi connectivity index (χ2v) is 14.9. The van der Waals surface area contributed by atoms with Gasteiger partial charge in [-0.25, -0.2) is 0 Å². The topological polar surface area (TPSA) is 74.6 Å². The summed E-state index contributed by atoms with van der Waals surface area (Å²) >= 11 is 0. The first kappa shape index (κ1) is 61.1. The minimum Gasteiger partial charge on any atom is -0.481 e. The molecule has 382 valence electrons. The zero-order valence-corrected chi connectivity index (χ0v) is 32.4. The van der Waals surface area contributed by atoms with E-state index in [0.29, 0.717) is 0 Å². The van der Waals surface area contributed by atoms with Gasteiger partial charge < -0.3 is 10.2 Å². The predicted molar refractivity (Wildman–Crippen MR) is 167 cm³/mol. The highest BCUT2D eigenvalue weighted by molar-refractivity contribution is 5.79. The van der Waals surface area contributed by atoms with Gasteiger partial charge in [0, 0.05) is 12.8 Å². The molecule has 0 bridgehead atoms. The Balaban J connectivity index is 4.88. The molecule has 0 aliphatic heterocycles. The maximum atomic E-state index is 13.9. The number of carboxylic acid groups (broad SMARTS) is 2. The van der Waals surface area contributed by atoms with E-state index in [1.54, 1.807) is 0 Å². The molecule has 0 radical (unpaired) electrons. The van der Waals surface area contributed by atoms with Crippen LogP contribution in [0, 0.1) is 11.8 Å². The second kappa shape index (κ2) is 21.4. The molecule has 30 heteroatoms. The fraction of sp³-hybridized carbons (Fsp3) is 0.941. The Morgan fingerprint density at radius 3 is 0.672 bits per heavy atom. The number of carboxylic acids is 2. The van der Waals surface area contributed by atoms with Crippen LogP contribution in [0.2, 0.25) is 0 Å². The molecule has 0 saturated heterocycles.